The lowest BCUT2D eigenvalue weighted by Crippen LogP contribution is -2.33. The first-order valence-corrected chi connectivity index (χ1v) is 9.11. The molecule has 6 nitrogen and oxygen atoms in total. The van der Waals surface area contributed by atoms with E-state index in [1.807, 2.05) is 29.2 Å². The summed E-state index contributed by atoms with van der Waals surface area (Å²) >= 11 is 0. The Kier molecular flexibility index (Phi) is 6.04. The third-order valence-electron chi connectivity index (χ3n) is 4.94. The molecule has 0 radical (unpaired) electrons. The summed E-state index contributed by atoms with van der Waals surface area (Å²) in [5.74, 6) is 1.99. The van der Waals surface area contributed by atoms with E-state index in [0.29, 0.717) is 18.2 Å². The molecule has 2 aromatic rings. The summed E-state index contributed by atoms with van der Waals surface area (Å²) in [5.41, 5.74) is 7.59. The van der Waals surface area contributed by atoms with Crippen LogP contribution in [0.4, 0.5) is 5.82 Å². The van der Waals surface area contributed by atoms with Crippen molar-refractivity contribution in [2.45, 2.75) is 32.1 Å². The molecule has 0 saturated carbocycles. The maximum Gasteiger partial charge on any atom is 0.226 e. The number of ether oxygens (including phenoxy) is 1. The molecular weight excluding hydrogens is 328 g/mol. The third kappa shape index (κ3) is 4.94. The molecule has 1 saturated heterocycles. The summed E-state index contributed by atoms with van der Waals surface area (Å²) in [6, 6.07) is 7.71. The van der Waals surface area contributed by atoms with Crippen molar-refractivity contribution in [1.82, 2.24) is 14.9 Å². The van der Waals surface area contributed by atoms with Crippen molar-refractivity contribution in [2.24, 2.45) is 5.92 Å². The molecule has 2 N–H and O–H groups in total. The highest BCUT2D eigenvalue weighted by molar-refractivity contribution is 5.78. The predicted molar refractivity (Wildman–Crippen MR) is 101 cm³/mol. The number of rotatable bonds is 5. The van der Waals surface area contributed by atoms with Gasteiger partial charge in [-0.3, -0.25) is 9.78 Å². The van der Waals surface area contributed by atoms with Crippen LogP contribution in [0.2, 0.25) is 0 Å². The number of amides is 1. The second-order valence-corrected chi connectivity index (χ2v) is 6.84. The van der Waals surface area contributed by atoms with Crippen molar-refractivity contribution in [3.8, 4) is 5.75 Å². The van der Waals surface area contributed by atoms with Crippen molar-refractivity contribution >= 4 is 11.7 Å². The minimum absolute atomic E-state index is 0.197. The van der Waals surface area contributed by atoms with Crippen molar-refractivity contribution in [3.63, 3.8) is 0 Å². The van der Waals surface area contributed by atoms with Gasteiger partial charge in [0, 0.05) is 13.1 Å². The zero-order valence-corrected chi connectivity index (χ0v) is 15.2. The Morgan fingerprint density at radius 1 is 1.19 bits per heavy atom. The van der Waals surface area contributed by atoms with E-state index in [1.165, 1.54) is 0 Å². The van der Waals surface area contributed by atoms with Gasteiger partial charge in [0.25, 0.3) is 0 Å². The number of hydrogen-bond donors (Lipinski definition) is 1. The van der Waals surface area contributed by atoms with Gasteiger partial charge in [0.1, 0.15) is 11.6 Å². The van der Waals surface area contributed by atoms with E-state index in [-0.39, 0.29) is 5.91 Å². The molecule has 0 aliphatic carbocycles. The SMILES string of the molecule is COc1ccc(CC(=O)N2CCC[C@@H](Cc3cnc(N)cn3)CC2)cc1. The van der Waals surface area contributed by atoms with E-state index in [1.54, 1.807) is 19.5 Å². The standard InChI is InChI=1S/C20H26N4O2/c1-26-18-6-4-16(5-7-18)12-20(25)24-9-2-3-15(8-10-24)11-17-13-23-19(21)14-22-17/h4-7,13-15H,2-3,8-12H2,1H3,(H2,21,23)/t15-/m1/s1. The van der Waals surface area contributed by atoms with E-state index < -0.39 is 0 Å². The van der Waals surface area contributed by atoms with Gasteiger partial charge >= 0.3 is 0 Å². The van der Waals surface area contributed by atoms with Crippen LogP contribution >= 0.6 is 0 Å². The van der Waals surface area contributed by atoms with Crippen molar-refractivity contribution in [1.29, 1.82) is 0 Å². The molecule has 1 amide bonds. The van der Waals surface area contributed by atoms with Crippen LogP contribution in [0, 0.1) is 5.92 Å². The second-order valence-electron chi connectivity index (χ2n) is 6.84. The molecule has 3 rings (SSSR count). The van der Waals surface area contributed by atoms with Gasteiger partial charge in [-0.1, -0.05) is 12.1 Å². The molecule has 1 aromatic carbocycles. The molecule has 2 heterocycles. The van der Waals surface area contributed by atoms with Gasteiger partial charge in [0.15, 0.2) is 0 Å². The summed E-state index contributed by atoms with van der Waals surface area (Å²) in [5, 5.41) is 0. The fourth-order valence-electron chi connectivity index (χ4n) is 3.41. The molecule has 1 aromatic heterocycles. The predicted octanol–water partition coefficient (Wildman–Crippen LogP) is 2.48. The van der Waals surface area contributed by atoms with Crippen molar-refractivity contribution in [3.05, 3.63) is 47.9 Å². The van der Waals surface area contributed by atoms with Crippen LogP contribution in [0.1, 0.15) is 30.5 Å². The molecule has 1 fully saturated rings. The number of carbonyl (C=O) groups excluding carboxylic acids is 1. The first-order chi connectivity index (χ1) is 12.6. The number of likely N-dealkylation sites (tertiary alicyclic amines) is 1. The summed E-state index contributed by atoms with van der Waals surface area (Å²) < 4.78 is 5.16. The van der Waals surface area contributed by atoms with E-state index in [2.05, 4.69) is 9.97 Å². The van der Waals surface area contributed by atoms with E-state index >= 15 is 0 Å². The van der Waals surface area contributed by atoms with E-state index in [0.717, 1.165) is 55.8 Å². The lowest BCUT2D eigenvalue weighted by molar-refractivity contribution is -0.130. The van der Waals surface area contributed by atoms with Gasteiger partial charge in [0.2, 0.25) is 5.91 Å². The molecule has 138 valence electrons. The Balaban J connectivity index is 1.52. The Bertz CT molecular complexity index is 716. The number of aromatic nitrogens is 2. The lowest BCUT2D eigenvalue weighted by atomic mass is 9.95. The Hall–Kier alpha value is -2.63. The molecule has 1 atom stereocenters. The van der Waals surface area contributed by atoms with E-state index in [4.69, 9.17) is 10.5 Å². The number of carbonyl (C=O) groups is 1. The van der Waals surface area contributed by atoms with Crippen molar-refractivity contribution in [2.75, 3.05) is 25.9 Å². The monoisotopic (exact) mass is 354 g/mol. The van der Waals surface area contributed by atoms with Crippen LogP contribution in [0.15, 0.2) is 36.7 Å². The number of hydrogen-bond acceptors (Lipinski definition) is 5. The average Bonchev–Trinajstić information content (AvgIpc) is 2.90. The van der Waals surface area contributed by atoms with Crippen LogP contribution < -0.4 is 10.5 Å². The largest absolute Gasteiger partial charge is 0.497 e. The minimum atomic E-state index is 0.197. The number of anilines is 1. The van der Waals surface area contributed by atoms with Crippen LogP contribution in [0.3, 0.4) is 0 Å². The Morgan fingerprint density at radius 3 is 2.69 bits per heavy atom. The van der Waals surface area contributed by atoms with Gasteiger partial charge in [-0.2, -0.15) is 0 Å². The maximum atomic E-state index is 12.6. The normalized spacial score (nSPS) is 17.6. The van der Waals surface area contributed by atoms with Gasteiger partial charge in [-0.15, -0.1) is 0 Å². The highest BCUT2D eigenvalue weighted by Gasteiger charge is 2.21. The van der Waals surface area contributed by atoms with Gasteiger partial charge < -0.3 is 15.4 Å². The second kappa shape index (κ2) is 8.65. The Morgan fingerprint density at radius 2 is 2.00 bits per heavy atom. The van der Waals surface area contributed by atoms with Crippen LogP contribution in [-0.4, -0.2) is 41.0 Å². The molecule has 1 aliphatic rings. The van der Waals surface area contributed by atoms with Gasteiger partial charge in [0.05, 0.1) is 31.6 Å². The van der Waals surface area contributed by atoms with Crippen LogP contribution in [0.5, 0.6) is 5.75 Å². The summed E-state index contributed by atoms with van der Waals surface area (Å²) in [6.07, 6.45) is 7.84. The molecule has 6 heteroatoms. The lowest BCUT2D eigenvalue weighted by Gasteiger charge is -2.21. The smallest absolute Gasteiger partial charge is 0.226 e. The number of methoxy groups -OCH3 is 1. The number of nitrogens with zero attached hydrogens (tertiary/aromatic N) is 3. The highest BCUT2D eigenvalue weighted by Crippen LogP contribution is 2.22. The zero-order valence-electron chi connectivity index (χ0n) is 15.2. The summed E-state index contributed by atoms with van der Waals surface area (Å²) in [4.78, 5) is 23.1. The molecule has 0 spiro atoms. The highest BCUT2D eigenvalue weighted by atomic mass is 16.5. The maximum absolute atomic E-state index is 12.6. The topological polar surface area (TPSA) is 81.3 Å². The van der Waals surface area contributed by atoms with Crippen LogP contribution in [0.25, 0.3) is 0 Å². The average molecular weight is 354 g/mol. The van der Waals surface area contributed by atoms with Gasteiger partial charge in [-0.05, 0) is 49.3 Å². The van der Waals surface area contributed by atoms with E-state index in [9.17, 15) is 4.79 Å². The number of nitrogen functional groups attached to an aromatic ring is 1. The fraction of sp³-hybridized carbons (Fsp3) is 0.450. The first kappa shape index (κ1) is 18.2. The van der Waals surface area contributed by atoms with Crippen molar-refractivity contribution < 1.29 is 9.53 Å². The summed E-state index contributed by atoms with van der Waals surface area (Å²) in [6.45, 7) is 1.64. The number of nitrogens with two attached hydrogens (primary N) is 1. The molecular formula is C20H26N4O2. The summed E-state index contributed by atoms with van der Waals surface area (Å²) in [7, 11) is 1.64. The molecule has 0 bridgehead atoms. The third-order valence-corrected chi connectivity index (χ3v) is 4.94. The number of benzene rings is 1. The molecule has 0 unspecified atom stereocenters. The fourth-order valence-corrected chi connectivity index (χ4v) is 3.41. The minimum Gasteiger partial charge on any atom is -0.497 e. The molecule has 26 heavy (non-hydrogen) atoms. The van der Waals surface area contributed by atoms with Gasteiger partial charge in [-0.25, -0.2) is 4.98 Å². The zero-order chi connectivity index (χ0) is 18.4. The molecule has 1 aliphatic heterocycles. The quantitative estimate of drug-likeness (QED) is 0.892. The van der Waals surface area contributed by atoms with Crippen LogP contribution in [-0.2, 0) is 17.6 Å². The first-order valence-electron chi connectivity index (χ1n) is 9.11. The Labute approximate surface area is 154 Å².